The van der Waals surface area contributed by atoms with E-state index in [1.807, 2.05) is 0 Å². The van der Waals surface area contributed by atoms with Crippen LogP contribution in [0.15, 0.2) is 0 Å². The highest BCUT2D eigenvalue weighted by atomic mass is 32.1. The van der Waals surface area contributed by atoms with Crippen LogP contribution >= 0.6 is 11.3 Å². The molecule has 19 heavy (non-hydrogen) atoms. The van der Waals surface area contributed by atoms with Crippen molar-refractivity contribution < 1.29 is 5.11 Å². The van der Waals surface area contributed by atoms with Gasteiger partial charge in [-0.2, -0.15) is 0 Å². The molecule has 0 amide bonds. The van der Waals surface area contributed by atoms with E-state index in [0.29, 0.717) is 5.92 Å². The zero-order valence-corrected chi connectivity index (χ0v) is 12.9. The molecule has 3 heteroatoms. The first-order valence-electron chi connectivity index (χ1n) is 7.82. The van der Waals surface area contributed by atoms with Crippen LogP contribution in [0.5, 0.6) is 0 Å². The minimum Gasteiger partial charge on any atom is -0.388 e. The zero-order valence-electron chi connectivity index (χ0n) is 12.1. The fraction of sp³-hybridized carbons (Fsp3) is 0.812. The molecule has 2 aliphatic rings. The molecule has 1 aromatic heterocycles. The topological polar surface area (TPSA) is 33.1 Å². The maximum Gasteiger partial charge on any atom is 0.0963 e. The SMILES string of the molecule is CC(C)C1CCC(c2nc3c(s2)C(O)CCC3)CC1. The average Bonchev–Trinajstić information content (AvgIpc) is 2.84. The molecule has 0 saturated heterocycles. The van der Waals surface area contributed by atoms with Crippen molar-refractivity contribution in [2.45, 2.75) is 70.8 Å². The first kappa shape index (κ1) is 13.6. The number of aromatic nitrogens is 1. The summed E-state index contributed by atoms with van der Waals surface area (Å²) in [5.74, 6) is 2.40. The molecular weight excluding hydrogens is 254 g/mol. The Morgan fingerprint density at radius 1 is 1.16 bits per heavy atom. The van der Waals surface area contributed by atoms with Gasteiger partial charge in [-0.05, 0) is 56.8 Å². The Morgan fingerprint density at radius 2 is 1.89 bits per heavy atom. The van der Waals surface area contributed by atoms with Crippen LogP contribution in [0.4, 0.5) is 0 Å². The van der Waals surface area contributed by atoms with Crippen LogP contribution in [-0.4, -0.2) is 10.1 Å². The van der Waals surface area contributed by atoms with E-state index < -0.39 is 0 Å². The summed E-state index contributed by atoms with van der Waals surface area (Å²) in [6.07, 6.45) is 8.17. The number of hydrogen-bond donors (Lipinski definition) is 1. The highest BCUT2D eigenvalue weighted by Gasteiger charge is 2.29. The van der Waals surface area contributed by atoms with Gasteiger partial charge in [0.05, 0.1) is 21.7 Å². The molecule has 3 rings (SSSR count). The Bertz CT molecular complexity index is 432. The van der Waals surface area contributed by atoms with E-state index >= 15 is 0 Å². The summed E-state index contributed by atoms with van der Waals surface area (Å²) < 4.78 is 0. The van der Waals surface area contributed by atoms with Crippen molar-refractivity contribution in [1.82, 2.24) is 4.98 Å². The van der Waals surface area contributed by atoms with E-state index in [1.165, 1.54) is 41.3 Å². The minimum absolute atomic E-state index is 0.234. The summed E-state index contributed by atoms with van der Waals surface area (Å²) in [5, 5.41) is 11.4. The van der Waals surface area contributed by atoms with Gasteiger partial charge in [0.1, 0.15) is 0 Å². The third-order valence-corrected chi connectivity index (χ3v) is 6.36. The van der Waals surface area contributed by atoms with Gasteiger partial charge in [0.2, 0.25) is 0 Å². The van der Waals surface area contributed by atoms with E-state index in [4.69, 9.17) is 4.98 Å². The highest BCUT2D eigenvalue weighted by molar-refractivity contribution is 7.11. The van der Waals surface area contributed by atoms with Crippen molar-refractivity contribution in [2.24, 2.45) is 11.8 Å². The van der Waals surface area contributed by atoms with Crippen LogP contribution in [0.2, 0.25) is 0 Å². The zero-order chi connectivity index (χ0) is 13.4. The fourth-order valence-corrected chi connectivity index (χ4v) is 4.93. The van der Waals surface area contributed by atoms with Crippen LogP contribution in [0, 0.1) is 11.8 Å². The lowest BCUT2D eigenvalue weighted by Crippen LogP contribution is -2.17. The first-order chi connectivity index (χ1) is 9.15. The molecule has 1 saturated carbocycles. The highest BCUT2D eigenvalue weighted by Crippen LogP contribution is 2.43. The maximum absolute atomic E-state index is 10.1. The standard InChI is InChI=1S/C16H25NOS/c1-10(2)11-6-8-12(9-7-11)16-17-13-4-3-5-14(18)15(13)19-16/h10-12,14,18H,3-9H2,1-2H3. The van der Waals surface area contributed by atoms with Gasteiger partial charge in [0, 0.05) is 5.92 Å². The Morgan fingerprint density at radius 3 is 2.53 bits per heavy atom. The van der Waals surface area contributed by atoms with Gasteiger partial charge >= 0.3 is 0 Å². The molecule has 0 spiro atoms. The molecule has 0 radical (unpaired) electrons. The third-order valence-electron chi connectivity index (χ3n) is 5.00. The second kappa shape index (κ2) is 5.53. The van der Waals surface area contributed by atoms with Crippen LogP contribution < -0.4 is 0 Å². The van der Waals surface area contributed by atoms with E-state index in [0.717, 1.165) is 31.1 Å². The number of aliphatic hydroxyl groups is 1. The van der Waals surface area contributed by atoms with E-state index in [1.54, 1.807) is 11.3 Å². The quantitative estimate of drug-likeness (QED) is 0.868. The van der Waals surface area contributed by atoms with Gasteiger partial charge < -0.3 is 5.11 Å². The van der Waals surface area contributed by atoms with Crippen molar-refractivity contribution in [2.75, 3.05) is 0 Å². The van der Waals surface area contributed by atoms with Crippen LogP contribution in [0.3, 0.4) is 0 Å². The van der Waals surface area contributed by atoms with Crippen molar-refractivity contribution in [3.63, 3.8) is 0 Å². The lowest BCUT2D eigenvalue weighted by Gasteiger charge is -2.29. The molecule has 0 aliphatic heterocycles. The van der Waals surface area contributed by atoms with Crippen molar-refractivity contribution in [1.29, 1.82) is 0 Å². The van der Waals surface area contributed by atoms with E-state index in [9.17, 15) is 5.11 Å². The smallest absolute Gasteiger partial charge is 0.0963 e. The normalized spacial score (nSPS) is 31.5. The maximum atomic E-state index is 10.1. The summed E-state index contributed by atoms with van der Waals surface area (Å²) in [6, 6.07) is 0. The molecule has 1 atom stereocenters. The van der Waals surface area contributed by atoms with Crippen molar-refractivity contribution >= 4 is 11.3 Å². The second-order valence-corrected chi connectivity index (χ2v) is 7.69. The van der Waals surface area contributed by atoms with Crippen LogP contribution in [0.1, 0.15) is 80.0 Å². The van der Waals surface area contributed by atoms with Crippen molar-refractivity contribution in [3.05, 3.63) is 15.6 Å². The predicted octanol–water partition coefficient (Wildman–Crippen LogP) is 4.44. The Balaban J connectivity index is 1.70. The molecule has 0 aromatic carbocycles. The van der Waals surface area contributed by atoms with Gasteiger partial charge in [-0.15, -0.1) is 11.3 Å². The predicted molar refractivity (Wildman–Crippen MR) is 79.5 cm³/mol. The Hall–Kier alpha value is -0.410. The van der Waals surface area contributed by atoms with Gasteiger partial charge in [-0.1, -0.05) is 13.8 Å². The second-order valence-electron chi connectivity index (χ2n) is 6.63. The number of hydrogen-bond acceptors (Lipinski definition) is 3. The van der Waals surface area contributed by atoms with Gasteiger partial charge in [0.25, 0.3) is 0 Å². The number of thiazole rings is 1. The van der Waals surface area contributed by atoms with Crippen molar-refractivity contribution in [3.8, 4) is 0 Å². The lowest BCUT2D eigenvalue weighted by atomic mass is 9.77. The average molecular weight is 279 g/mol. The van der Waals surface area contributed by atoms with Gasteiger partial charge in [0.15, 0.2) is 0 Å². The molecule has 1 aromatic rings. The Kier molecular flexibility index (Phi) is 3.95. The number of aliphatic hydroxyl groups excluding tert-OH is 1. The third kappa shape index (κ3) is 2.73. The molecule has 1 fully saturated rings. The molecule has 0 bridgehead atoms. The lowest BCUT2D eigenvalue weighted by molar-refractivity contribution is 0.160. The molecule has 1 heterocycles. The molecule has 1 N–H and O–H groups in total. The van der Waals surface area contributed by atoms with Crippen LogP contribution in [0.25, 0.3) is 0 Å². The molecular formula is C16H25NOS. The van der Waals surface area contributed by atoms with E-state index in [-0.39, 0.29) is 6.10 Å². The first-order valence-corrected chi connectivity index (χ1v) is 8.64. The van der Waals surface area contributed by atoms with Gasteiger partial charge in [-0.3, -0.25) is 0 Å². The largest absolute Gasteiger partial charge is 0.388 e. The molecule has 106 valence electrons. The molecule has 1 unspecified atom stereocenters. The number of fused-ring (bicyclic) bond motifs is 1. The summed E-state index contributed by atoms with van der Waals surface area (Å²) in [6.45, 7) is 4.70. The Labute approximate surface area is 120 Å². The number of nitrogens with zero attached hydrogens (tertiary/aromatic N) is 1. The summed E-state index contributed by atoms with van der Waals surface area (Å²) in [7, 11) is 0. The fourth-order valence-electron chi connectivity index (χ4n) is 3.62. The summed E-state index contributed by atoms with van der Waals surface area (Å²) >= 11 is 1.80. The summed E-state index contributed by atoms with van der Waals surface area (Å²) in [5.41, 5.74) is 1.20. The van der Waals surface area contributed by atoms with E-state index in [2.05, 4.69) is 13.8 Å². The van der Waals surface area contributed by atoms with Crippen LogP contribution in [-0.2, 0) is 6.42 Å². The summed E-state index contributed by atoms with van der Waals surface area (Å²) in [4.78, 5) is 6.03. The minimum atomic E-state index is -0.234. The van der Waals surface area contributed by atoms with Gasteiger partial charge in [-0.25, -0.2) is 4.98 Å². The number of rotatable bonds is 2. The molecule has 2 aliphatic carbocycles. The molecule has 2 nitrogen and oxygen atoms in total. The number of aryl methyl sites for hydroxylation is 1. The monoisotopic (exact) mass is 279 g/mol.